The van der Waals surface area contributed by atoms with E-state index >= 15 is 0 Å². The van der Waals surface area contributed by atoms with Crippen LogP contribution in [0.15, 0.2) is 53.0 Å². The number of amidine groups is 1. The number of amides is 1. The maximum atomic E-state index is 13.2. The zero-order chi connectivity index (χ0) is 24.5. The van der Waals surface area contributed by atoms with E-state index in [0.29, 0.717) is 35.2 Å². The van der Waals surface area contributed by atoms with Gasteiger partial charge in [-0.05, 0) is 60.1 Å². The minimum Gasteiger partial charge on any atom is -0.463 e. The average molecular weight is 460 g/mol. The fourth-order valence-electron chi connectivity index (χ4n) is 4.59. The molecule has 1 saturated heterocycles. The molecule has 2 aromatic carbocycles. The number of rotatable bonds is 4. The van der Waals surface area contributed by atoms with Crippen LogP contribution in [-0.2, 0) is 9.53 Å². The molecule has 2 aromatic rings. The molecule has 2 aliphatic rings. The zero-order valence-electron chi connectivity index (χ0n) is 20.4. The number of carbonyl (C=O) groups excluding carboxylic acids is 2. The van der Waals surface area contributed by atoms with Crippen LogP contribution in [0.4, 0.5) is 5.69 Å². The Kier molecular flexibility index (Phi) is 6.60. The lowest BCUT2D eigenvalue weighted by atomic mass is 9.80. The number of carbonyl (C=O) groups is 2. The monoisotopic (exact) mass is 459 g/mol. The van der Waals surface area contributed by atoms with E-state index in [1.54, 1.807) is 13.0 Å². The summed E-state index contributed by atoms with van der Waals surface area (Å²) < 4.78 is 5.14. The van der Waals surface area contributed by atoms with Gasteiger partial charge in [-0.2, -0.15) is 0 Å². The lowest BCUT2D eigenvalue weighted by Gasteiger charge is -2.27. The van der Waals surface area contributed by atoms with Crippen molar-refractivity contribution in [1.82, 2.24) is 4.90 Å². The van der Waals surface area contributed by atoms with Crippen molar-refractivity contribution in [1.29, 1.82) is 0 Å². The van der Waals surface area contributed by atoms with Crippen molar-refractivity contribution in [2.24, 2.45) is 22.1 Å². The van der Waals surface area contributed by atoms with Gasteiger partial charge in [-0.1, -0.05) is 45.0 Å². The van der Waals surface area contributed by atoms with Gasteiger partial charge in [-0.3, -0.25) is 4.79 Å². The highest BCUT2D eigenvalue weighted by Gasteiger charge is 2.34. The van der Waals surface area contributed by atoms with Gasteiger partial charge in [0.1, 0.15) is 5.84 Å². The predicted molar refractivity (Wildman–Crippen MR) is 136 cm³/mol. The molecule has 2 N–H and O–H groups in total. The van der Waals surface area contributed by atoms with Crippen molar-refractivity contribution in [3.8, 4) is 11.1 Å². The van der Waals surface area contributed by atoms with Gasteiger partial charge in [0, 0.05) is 36.2 Å². The van der Waals surface area contributed by atoms with Gasteiger partial charge < -0.3 is 15.4 Å². The van der Waals surface area contributed by atoms with Crippen molar-refractivity contribution in [2.45, 2.75) is 40.5 Å². The van der Waals surface area contributed by atoms with Crippen molar-refractivity contribution in [3.05, 3.63) is 59.2 Å². The molecule has 1 unspecified atom stereocenters. The molecule has 6 nitrogen and oxygen atoms in total. The Bertz CT molecular complexity index is 1170. The van der Waals surface area contributed by atoms with E-state index in [9.17, 15) is 9.59 Å². The first-order chi connectivity index (χ1) is 16.2. The largest absolute Gasteiger partial charge is 0.463 e. The number of nitrogens with two attached hydrogens (primary N) is 1. The molecule has 1 amide bonds. The molecule has 0 saturated carbocycles. The van der Waals surface area contributed by atoms with Crippen LogP contribution in [0.2, 0.25) is 0 Å². The summed E-state index contributed by atoms with van der Waals surface area (Å²) in [4.78, 5) is 32.0. The molecule has 0 radical (unpaired) electrons. The Morgan fingerprint density at radius 1 is 1.15 bits per heavy atom. The lowest BCUT2D eigenvalue weighted by Crippen LogP contribution is -2.31. The second-order valence-electron chi connectivity index (χ2n) is 10.1. The molecule has 178 valence electrons. The van der Waals surface area contributed by atoms with Crippen LogP contribution in [0.3, 0.4) is 0 Å². The summed E-state index contributed by atoms with van der Waals surface area (Å²) in [7, 11) is 0. The highest BCUT2D eigenvalue weighted by Crippen LogP contribution is 2.35. The minimum atomic E-state index is -0.376. The summed E-state index contributed by atoms with van der Waals surface area (Å²) >= 11 is 0. The molecule has 0 aliphatic carbocycles. The molecule has 1 atom stereocenters. The summed E-state index contributed by atoms with van der Waals surface area (Å²) in [5, 5.41) is 0. The van der Waals surface area contributed by atoms with Crippen molar-refractivity contribution < 1.29 is 14.3 Å². The first kappa shape index (κ1) is 23.7. The number of esters is 1. The highest BCUT2D eigenvalue weighted by molar-refractivity contribution is 6.03. The number of fused-ring (bicyclic) bond motifs is 1. The molecule has 0 bridgehead atoms. The first-order valence-electron chi connectivity index (χ1n) is 11.9. The Labute approximate surface area is 201 Å². The number of hydrogen-bond donors (Lipinski definition) is 1. The first-order valence-corrected chi connectivity index (χ1v) is 11.9. The van der Waals surface area contributed by atoms with Gasteiger partial charge in [0.05, 0.1) is 12.3 Å². The Morgan fingerprint density at radius 3 is 2.62 bits per heavy atom. The van der Waals surface area contributed by atoms with Crippen molar-refractivity contribution >= 4 is 29.5 Å². The molecule has 34 heavy (non-hydrogen) atoms. The van der Waals surface area contributed by atoms with Gasteiger partial charge in [0.15, 0.2) is 0 Å². The highest BCUT2D eigenvalue weighted by atomic mass is 16.5. The second-order valence-corrected chi connectivity index (χ2v) is 10.1. The third-order valence-corrected chi connectivity index (χ3v) is 6.68. The van der Waals surface area contributed by atoms with E-state index in [0.717, 1.165) is 36.2 Å². The number of benzene rings is 2. The lowest BCUT2D eigenvalue weighted by molar-refractivity contribution is -0.138. The van der Waals surface area contributed by atoms with E-state index in [1.165, 1.54) is 0 Å². The summed E-state index contributed by atoms with van der Waals surface area (Å²) in [6.07, 6.45) is 3.08. The quantitative estimate of drug-likeness (QED) is 0.637. The van der Waals surface area contributed by atoms with Gasteiger partial charge in [-0.25, -0.2) is 9.79 Å². The zero-order valence-corrected chi connectivity index (χ0v) is 20.4. The summed E-state index contributed by atoms with van der Waals surface area (Å²) in [6.45, 7) is 10.4. The van der Waals surface area contributed by atoms with E-state index in [1.807, 2.05) is 47.4 Å². The van der Waals surface area contributed by atoms with Gasteiger partial charge >= 0.3 is 5.97 Å². The van der Waals surface area contributed by atoms with Crippen molar-refractivity contribution in [2.75, 3.05) is 19.7 Å². The molecule has 4 rings (SSSR count). The van der Waals surface area contributed by atoms with Gasteiger partial charge in [-0.15, -0.1) is 0 Å². The number of ether oxygens (including phenoxy) is 1. The molecule has 0 spiro atoms. The number of nitrogens with zero attached hydrogens (tertiary/aromatic N) is 2. The Balaban J connectivity index is 1.60. The number of likely N-dealkylation sites (tertiary alicyclic amines) is 1. The maximum Gasteiger partial charge on any atom is 0.334 e. The predicted octanol–water partition coefficient (Wildman–Crippen LogP) is 5.20. The number of aliphatic imine (C=N–C) groups is 1. The van der Waals surface area contributed by atoms with Gasteiger partial charge in [0.2, 0.25) is 0 Å². The topological polar surface area (TPSA) is 85.0 Å². The normalized spacial score (nSPS) is 18.0. The fourth-order valence-corrected chi connectivity index (χ4v) is 4.59. The molecular formula is C28H33N3O3. The van der Waals surface area contributed by atoms with Crippen LogP contribution in [0, 0.1) is 11.3 Å². The van der Waals surface area contributed by atoms with Crippen LogP contribution in [0.5, 0.6) is 0 Å². The third kappa shape index (κ3) is 5.06. The van der Waals surface area contributed by atoms with Gasteiger partial charge in [0.25, 0.3) is 5.91 Å². The molecule has 6 heteroatoms. The van der Waals surface area contributed by atoms with Crippen LogP contribution in [0.1, 0.15) is 56.5 Å². The average Bonchev–Trinajstić information content (AvgIpc) is 3.24. The van der Waals surface area contributed by atoms with Crippen LogP contribution >= 0.6 is 0 Å². The molecule has 2 heterocycles. The minimum absolute atomic E-state index is 0.0765. The number of hydrogen-bond acceptors (Lipinski definition) is 5. The fraction of sp³-hybridized carbons (Fsp3) is 0.393. The van der Waals surface area contributed by atoms with E-state index < -0.39 is 0 Å². The molecule has 0 aromatic heterocycles. The van der Waals surface area contributed by atoms with Crippen LogP contribution in [-0.4, -0.2) is 42.3 Å². The summed E-state index contributed by atoms with van der Waals surface area (Å²) in [5.41, 5.74) is 10.8. The summed E-state index contributed by atoms with van der Waals surface area (Å²) in [6, 6.07) is 13.6. The van der Waals surface area contributed by atoms with Crippen LogP contribution < -0.4 is 5.73 Å². The van der Waals surface area contributed by atoms with Crippen molar-refractivity contribution in [3.63, 3.8) is 0 Å². The molecule has 2 aliphatic heterocycles. The third-order valence-electron chi connectivity index (χ3n) is 6.68. The second kappa shape index (κ2) is 9.45. The smallest absolute Gasteiger partial charge is 0.334 e. The van der Waals surface area contributed by atoms with E-state index in [-0.39, 0.29) is 23.7 Å². The standard InChI is InChI=1S/C28H33N3O3/c1-5-34-27(33)22-14-20-10-9-19(15-24(20)30-25(29)16-22)18-7-6-8-21(13-18)26(32)31-12-11-23(17-31)28(2,3)4/h6-10,13-15,23H,5,11-12,16-17H2,1-4H3,(H2,29,30). The SMILES string of the molecule is CCOC(=O)C1=Cc2ccc(-c3cccc(C(=O)N4CCC(C(C)(C)C)C4)c3)cc2N=C(N)C1. The summed E-state index contributed by atoms with van der Waals surface area (Å²) in [5.74, 6) is 0.577. The molecule has 1 fully saturated rings. The van der Waals surface area contributed by atoms with Crippen LogP contribution in [0.25, 0.3) is 17.2 Å². The Hall–Kier alpha value is -3.41. The maximum absolute atomic E-state index is 13.2. The molecular weight excluding hydrogens is 426 g/mol. The Morgan fingerprint density at radius 2 is 1.91 bits per heavy atom. The van der Waals surface area contributed by atoms with E-state index in [4.69, 9.17) is 10.5 Å². The van der Waals surface area contributed by atoms with E-state index in [2.05, 4.69) is 25.8 Å².